The maximum atomic E-state index is 12.8. The second-order valence-corrected chi connectivity index (χ2v) is 10.4. The lowest BCUT2D eigenvalue weighted by atomic mass is 10.1. The quantitative estimate of drug-likeness (QED) is 0.550. The number of esters is 1. The summed E-state index contributed by atoms with van der Waals surface area (Å²) in [6, 6.07) is 10.2. The Labute approximate surface area is 194 Å². The first-order valence-electron chi connectivity index (χ1n) is 10.2. The molecule has 3 amide bonds. The SMILES string of the molecule is Cc1cccc(NS(=O)(=O)c2ccc(C)c(C(=O)OC(C)C(=O)NC(=O)NC(C)(C)C)c2)c1. The van der Waals surface area contributed by atoms with Crippen LogP contribution in [0.2, 0.25) is 0 Å². The van der Waals surface area contributed by atoms with Gasteiger partial charge in [-0.1, -0.05) is 18.2 Å². The first-order chi connectivity index (χ1) is 15.2. The first-order valence-corrected chi connectivity index (χ1v) is 11.7. The summed E-state index contributed by atoms with van der Waals surface area (Å²) in [5.74, 6) is -1.70. The molecule has 0 heterocycles. The third kappa shape index (κ3) is 7.60. The van der Waals surface area contributed by atoms with E-state index in [2.05, 4.69) is 15.4 Å². The van der Waals surface area contributed by atoms with Crippen LogP contribution < -0.4 is 15.4 Å². The zero-order chi connectivity index (χ0) is 25.0. The van der Waals surface area contributed by atoms with Crippen molar-refractivity contribution in [3.05, 3.63) is 59.2 Å². The van der Waals surface area contributed by atoms with E-state index in [0.29, 0.717) is 11.3 Å². The second-order valence-electron chi connectivity index (χ2n) is 8.69. The highest BCUT2D eigenvalue weighted by molar-refractivity contribution is 7.92. The van der Waals surface area contributed by atoms with E-state index in [4.69, 9.17) is 4.74 Å². The van der Waals surface area contributed by atoms with E-state index in [1.165, 1.54) is 25.1 Å². The zero-order valence-electron chi connectivity index (χ0n) is 19.5. The minimum Gasteiger partial charge on any atom is -0.449 e. The number of rotatable bonds is 6. The number of anilines is 1. The molecule has 0 fully saturated rings. The molecule has 3 N–H and O–H groups in total. The fourth-order valence-corrected chi connectivity index (χ4v) is 3.85. The number of hydrogen-bond acceptors (Lipinski definition) is 6. The van der Waals surface area contributed by atoms with Gasteiger partial charge in [-0.05, 0) is 76.9 Å². The second kappa shape index (κ2) is 10.0. The number of carbonyl (C=O) groups excluding carboxylic acids is 3. The molecule has 0 bridgehead atoms. The molecular weight excluding hydrogens is 446 g/mol. The number of imide groups is 1. The number of ether oxygens (including phenoxy) is 1. The number of benzene rings is 2. The summed E-state index contributed by atoms with van der Waals surface area (Å²) >= 11 is 0. The molecule has 0 spiro atoms. The first kappa shape index (κ1) is 25.9. The summed E-state index contributed by atoms with van der Waals surface area (Å²) in [4.78, 5) is 36.6. The van der Waals surface area contributed by atoms with Gasteiger partial charge in [-0.15, -0.1) is 0 Å². The number of urea groups is 1. The third-order valence-corrected chi connectivity index (χ3v) is 5.77. The van der Waals surface area contributed by atoms with Gasteiger partial charge in [0.1, 0.15) is 0 Å². The predicted octanol–water partition coefficient (Wildman–Crippen LogP) is 3.27. The van der Waals surface area contributed by atoms with Gasteiger partial charge in [0.15, 0.2) is 6.10 Å². The van der Waals surface area contributed by atoms with Gasteiger partial charge in [-0.3, -0.25) is 14.8 Å². The molecule has 0 radical (unpaired) electrons. The number of nitrogens with one attached hydrogen (secondary N) is 3. The number of sulfonamides is 1. The third-order valence-electron chi connectivity index (χ3n) is 4.39. The maximum absolute atomic E-state index is 12.8. The molecule has 9 nitrogen and oxygen atoms in total. The minimum atomic E-state index is -3.97. The van der Waals surface area contributed by atoms with Crippen LogP contribution in [0.1, 0.15) is 49.2 Å². The van der Waals surface area contributed by atoms with Crippen molar-refractivity contribution in [3.8, 4) is 0 Å². The van der Waals surface area contributed by atoms with Gasteiger partial charge in [-0.2, -0.15) is 0 Å². The molecular formula is C23H29N3O6S. The average Bonchev–Trinajstić information content (AvgIpc) is 2.66. The largest absolute Gasteiger partial charge is 0.449 e. The standard InChI is InChI=1S/C23H29N3O6S/c1-14-8-7-9-17(12-14)26-33(30,31)18-11-10-15(2)19(13-18)21(28)32-16(3)20(27)24-22(29)25-23(4,5)6/h7-13,16,26H,1-6H3,(H2,24,25,27,29). The molecule has 0 aliphatic carbocycles. The molecule has 2 rings (SSSR count). The molecule has 0 saturated carbocycles. The van der Waals surface area contributed by atoms with Gasteiger partial charge in [0.2, 0.25) is 0 Å². The van der Waals surface area contributed by atoms with Gasteiger partial charge in [-0.25, -0.2) is 18.0 Å². The van der Waals surface area contributed by atoms with Crippen molar-refractivity contribution < 1.29 is 27.5 Å². The van der Waals surface area contributed by atoms with E-state index >= 15 is 0 Å². The normalized spacial score (nSPS) is 12.4. The lowest BCUT2D eigenvalue weighted by molar-refractivity contribution is -0.127. The van der Waals surface area contributed by atoms with Crippen LogP contribution in [0, 0.1) is 13.8 Å². The van der Waals surface area contributed by atoms with Crippen LogP contribution in [0.15, 0.2) is 47.4 Å². The molecule has 0 saturated heterocycles. The Hall–Kier alpha value is -3.40. The fourth-order valence-electron chi connectivity index (χ4n) is 2.77. The molecule has 1 atom stereocenters. The molecule has 1 unspecified atom stereocenters. The monoisotopic (exact) mass is 475 g/mol. The Morgan fingerprint density at radius 2 is 1.67 bits per heavy atom. The van der Waals surface area contributed by atoms with Crippen molar-refractivity contribution in [2.75, 3.05) is 4.72 Å². The Bertz CT molecular complexity index is 1170. The predicted molar refractivity (Wildman–Crippen MR) is 124 cm³/mol. The van der Waals surface area contributed by atoms with Crippen molar-refractivity contribution >= 4 is 33.6 Å². The smallest absolute Gasteiger partial charge is 0.339 e. The molecule has 33 heavy (non-hydrogen) atoms. The van der Waals surface area contributed by atoms with E-state index in [9.17, 15) is 22.8 Å². The van der Waals surface area contributed by atoms with Crippen LogP contribution in [0.3, 0.4) is 0 Å². The van der Waals surface area contributed by atoms with Crippen LogP contribution in [0.25, 0.3) is 0 Å². The lowest BCUT2D eigenvalue weighted by Gasteiger charge is -2.21. The summed E-state index contributed by atoms with van der Waals surface area (Å²) in [7, 11) is -3.97. The van der Waals surface area contributed by atoms with E-state index < -0.39 is 39.6 Å². The van der Waals surface area contributed by atoms with Crippen LogP contribution in [-0.4, -0.2) is 38.0 Å². The molecule has 0 aliphatic heterocycles. The van der Waals surface area contributed by atoms with E-state index in [1.807, 2.05) is 13.0 Å². The molecule has 0 aliphatic rings. The molecule has 2 aromatic rings. The Morgan fingerprint density at radius 3 is 2.27 bits per heavy atom. The number of amides is 3. The summed E-state index contributed by atoms with van der Waals surface area (Å²) in [5, 5.41) is 4.66. The topological polar surface area (TPSA) is 131 Å². The maximum Gasteiger partial charge on any atom is 0.339 e. The Kier molecular flexibility index (Phi) is 7.86. The van der Waals surface area contributed by atoms with E-state index in [-0.39, 0.29) is 10.5 Å². The van der Waals surface area contributed by atoms with Crippen LogP contribution in [-0.2, 0) is 19.6 Å². The molecule has 178 valence electrons. The van der Waals surface area contributed by atoms with Crippen molar-refractivity contribution in [2.24, 2.45) is 0 Å². The van der Waals surface area contributed by atoms with Gasteiger partial charge >= 0.3 is 12.0 Å². The number of hydrogen-bond donors (Lipinski definition) is 3. The lowest BCUT2D eigenvalue weighted by Crippen LogP contribution is -2.50. The van der Waals surface area contributed by atoms with Crippen molar-refractivity contribution in [3.63, 3.8) is 0 Å². The summed E-state index contributed by atoms with van der Waals surface area (Å²) in [6.45, 7) is 10.0. The summed E-state index contributed by atoms with van der Waals surface area (Å²) < 4.78 is 33.2. The Balaban J connectivity index is 2.15. The van der Waals surface area contributed by atoms with Crippen molar-refractivity contribution in [2.45, 2.75) is 58.1 Å². The van der Waals surface area contributed by atoms with Crippen LogP contribution in [0.4, 0.5) is 10.5 Å². The molecule has 10 heteroatoms. The Morgan fingerprint density at radius 1 is 1.00 bits per heavy atom. The average molecular weight is 476 g/mol. The van der Waals surface area contributed by atoms with Gasteiger partial charge in [0.25, 0.3) is 15.9 Å². The van der Waals surface area contributed by atoms with Crippen LogP contribution in [0.5, 0.6) is 0 Å². The highest BCUT2D eigenvalue weighted by Gasteiger charge is 2.25. The summed E-state index contributed by atoms with van der Waals surface area (Å²) in [6.07, 6.45) is -1.28. The van der Waals surface area contributed by atoms with Crippen molar-refractivity contribution in [1.29, 1.82) is 0 Å². The molecule has 2 aromatic carbocycles. The number of aryl methyl sites for hydroxylation is 2. The van der Waals surface area contributed by atoms with Crippen molar-refractivity contribution in [1.82, 2.24) is 10.6 Å². The highest BCUT2D eigenvalue weighted by Crippen LogP contribution is 2.21. The highest BCUT2D eigenvalue weighted by atomic mass is 32.2. The number of carbonyl (C=O) groups is 3. The van der Waals surface area contributed by atoms with Gasteiger partial charge < -0.3 is 10.1 Å². The van der Waals surface area contributed by atoms with E-state index in [0.717, 1.165) is 5.56 Å². The fraction of sp³-hybridized carbons (Fsp3) is 0.348. The van der Waals surface area contributed by atoms with Crippen LogP contribution >= 0.6 is 0 Å². The minimum absolute atomic E-state index is 0.0130. The molecule has 0 aromatic heterocycles. The summed E-state index contributed by atoms with van der Waals surface area (Å²) in [5.41, 5.74) is 1.17. The van der Waals surface area contributed by atoms with E-state index in [1.54, 1.807) is 45.9 Å². The van der Waals surface area contributed by atoms with Gasteiger partial charge in [0.05, 0.1) is 10.5 Å². The zero-order valence-corrected chi connectivity index (χ0v) is 20.3. The van der Waals surface area contributed by atoms with Gasteiger partial charge in [0, 0.05) is 11.2 Å².